The highest BCUT2D eigenvalue weighted by atomic mass is 32.1. The van der Waals surface area contributed by atoms with Gasteiger partial charge >= 0.3 is 0 Å². The van der Waals surface area contributed by atoms with E-state index >= 15 is 0 Å². The molecule has 0 bridgehead atoms. The fraction of sp³-hybridized carbons (Fsp3) is 0. The first-order valence-corrected chi connectivity index (χ1v) is 19.7. The topological polar surface area (TPSA) is 16.1 Å². The van der Waals surface area contributed by atoms with Gasteiger partial charge < -0.3 is 4.90 Å². The molecule has 9 aromatic carbocycles. The number of rotatable bonds is 7. The Morgan fingerprint density at radius 1 is 0.418 bits per heavy atom. The molecule has 0 aliphatic rings. The first-order valence-electron chi connectivity index (χ1n) is 18.4. The summed E-state index contributed by atoms with van der Waals surface area (Å²) in [6.07, 6.45) is 0. The summed E-state index contributed by atoms with van der Waals surface area (Å²) in [6.45, 7) is 0. The van der Waals surface area contributed by atoms with E-state index in [9.17, 15) is 0 Å². The molecule has 260 valence electrons. The molecular weight excluding hydrogens is 705 g/mol. The molecule has 10 aromatic rings. The summed E-state index contributed by atoms with van der Waals surface area (Å²) in [5.41, 5.74) is 12.2. The molecule has 0 aliphatic heterocycles. The lowest BCUT2D eigenvalue weighted by Crippen LogP contribution is -2.11. The van der Waals surface area contributed by atoms with Crippen LogP contribution in [0, 0.1) is 0 Å². The third-order valence-corrected chi connectivity index (χ3v) is 11.8. The Kier molecular flexibility index (Phi) is 8.48. The second kappa shape index (κ2) is 14.1. The summed E-state index contributed by atoms with van der Waals surface area (Å²) < 4.78 is 1.13. The van der Waals surface area contributed by atoms with E-state index < -0.39 is 0 Å². The van der Waals surface area contributed by atoms with Crippen LogP contribution in [0.1, 0.15) is 0 Å². The van der Waals surface area contributed by atoms with Crippen molar-refractivity contribution >= 4 is 72.8 Å². The molecule has 0 fully saturated rings. The summed E-state index contributed by atoms with van der Waals surface area (Å²) in [6, 6.07) is 71.7. The van der Waals surface area contributed by atoms with E-state index in [1.165, 1.54) is 38.2 Å². The maximum atomic E-state index is 5.10. The SMILES string of the molecule is Sc1cc2nc(-c3ccccc3)sc2cc1-c1ccccc1N(c1cccc(-c2ccc(-c3ccccc3)cc2)c1)c1ccc2c(ccc3ccccc32)c1. The Hall–Kier alpha value is -6.46. The largest absolute Gasteiger partial charge is 0.310 e. The van der Waals surface area contributed by atoms with Crippen molar-refractivity contribution in [2.45, 2.75) is 4.90 Å². The lowest BCUT2D eigenvalue weighted by Gasteiger charge is -2.29. The lowest BCUT2D eigenvalue weighted by atomic mass is 9.98. The molecular formula is C51H34N2S2. The second-order valence-electron chi connectivity index (χ2n) is 13.8. The zero-order valence-electron chi connectivity index (χ0n) is 29.8. The van der Waals surface area contributed by atoms with Crippen molar-refractivity contribution in [3.8, 4) is 44.0 Å². The van der Waals surface area contributed by atoms with Gasteiger partial charge in [0.05, 0.1) is 15.9 Å². The molecule has 1 aromatic heterocycles. The molecule has 10 rings (SSSR count). The van der Waals surface area contributed by atoms with Crippen LogP contribution in [-0.2, 0) is 0 Å². The molecule has 0 atom stereocenters. The minimum Gasteiger partial charge on any atom is -0.310 e. The number of benzene rings is 9. The molecule has 55 heavy (non-hydrogen) atoms. The third kappa shape index (κ3) is 6.26. The highest BCUT2D eigenvalue weighted by Gasteiger charge is 2.20. The Labute approximate surface area is 330 Å². The average Bonchev–Trinajstić information content (AvgIpc) is 3.67. The number of hydrogen-bond donors (Lipinski definition) is 1. The Balaban J connectivity index is 1.13. The van der Waals surface area contributed by atoms with Crippen LogP contribution in [0.25, 0.3) is 75.7 Å². The highest BCUT2D eigenvalue weighted by Crippen LogP contribution is 2.45. The standard InChI is InChI=1S/C51H34N2S2/c54-49-33-47-50(55-51(52-47)38-15-5-2-6-16-38)32-46(49)45-20-9-10-21-48(45)53(42-28-29-44-40(31-42)27-26-37-14-7-8-19-43(37)44)41-18-11-17-39(30-41)36-24-22-35(23-25-36)34-12-3-1-4-13-34/h1-33,54H. The molecule has 0 saturated heterocycles. The maximum Gasteiger partial charge on any atom is 0.124 e. The fourth-order valence-corrected chi connectivity index (χ4v) is 8.96. The van der Waals surface area contributed by atoms with Crippen molar-refractivity contribution in [3.05, 3.63) is 200 Å². The predicted molar refractivity (Wildman–Crippen MR) is 238 cm³/mol. The number of fused-ring (bicyclic) bond motifs is 4. The first-order chi connectivity index (χ1) is 27.2. The van der Waals surface area contributed by atoms with Gasteiger partial charge in [-0.05, 0) is 91.8 Å². The van der Waals surface area contributed by atoms with E-state index in [1.807, 2.05) is 6.07 Å². The number of anilines is 3. The van der Waals surface area contributed by atoms with E-state index in [-0.39, 0.29) is 0 Å². The van der Waals surface area contributed by atoms with Crippen LogP contribution in [0.5, 0.6) is 0 Å². The van der Waals surface area contributed by atoms with Gasteiger partial charge in [0.2, 0.25) is 0 Å². The molecule has 0 N–H and O–H groups in total. The Morgan fingerprint density at radius 3 is 1.85 bits per heavy atom. The van der Waals surface area contributed by atoms with Gasteiger partial charge in [-0.3, -0.25) is 0 Å². The van der Waals surface area contributed by atoms with Crippen molar-refractivity contribution in [1.82, 2.24) is 4.98 Å². The number of nitrogens with zero attached hydrogens (tertiary/aromatic N) is 2. The van der Waals surface area contributed by atoms with Crippen LogP contribution in [0.15, 0.2) is 205 Å². The first kappa shape index (κ1) is 33.1. The van der Waals surface area contributed by atoms with Crippen molar-refractivity contribution < 1.29 is 0 Å². The van der Waals surface area contributed by atoms with Crippen molar-refractivity contribution in [1.29, 1.82) is 0 Å². The maximum absolute atomic E-state index is 5.10. The zero-order chi connectivity index (χ0) is 36.7. The Morgan fingerprint density at radius 2 is 1.04 bits per heavy atom. The summed E-state index contributed by atoms with van der Waals surface area (Å²) in [5.74, 6) is 0. The van der Waals surface area contributed by atoms with Gasteiger partial charge in [0, 0.05) is 27.4 Å². The van der Waals surface area contributed by atoms with Crippen LogP contribution in [0.2, 0.25) is 0 Å². The van der Waals surface area contributed by atoms with Gasteiger partial charge in [-0.15, -0.1) is 24.0 Å². The molecule has 0 aliphatic carbocycles. The minimum atomic E-state index is 0.891. The smallest absolute Gasteiger partial charge is 0.124 e. The lowest BCUT2D eigenvalue weighted by molar-refractivity contribution is 1.28. The van der Waals surface area contributed by atoms with Crippen LogP contribution in [0.4, 0.5) is 17.1 Å². The van der Waals surface area contributed by atoms with Crippen LogP contribution < -0.4 is 4.90 Å². The van der Waals surface area contributed by atoms with E-state index in [2.05, 4.69) is 199 Å². The third-order valence-electron chi connectivity index (χ3n) is 10.4. The predicted octanol–water partition coefficient (Wildman–Crippen LogP) is 15.0. The van der Waals surface area contributed by atoms with Gasteiger partial charge in [0.15, 0.2) is 0 Å². The van der Waals surface area contributed by atoms with E-state index in [0.29, 0.717) is 0 Å². The van der Waals surface area contributed by atoms with E-state index in [1.54, 1.807) is 11.3 Å². The molecule has 0 unspecified atom stereocenters. The quantitative estimate of drug-likeness (QED) is 0.129. The van der Waals surface area contributed by atoms with Gasteiger partial charge in [-0.2, -0.15) is 0 Å². The molecule has 0 spiro atoms. The number of thiol groups is 1. The fourth-order valence-electron chi connectivity index (χ4n) is 7.66. The number of thiazole rings is 1. The summed E-state index contributed by atoms with van der Waals surface area (Å²) in [7, 11) is 0. The molecule has 0 radical (unpaired) electrons. The van der Waals surface area contributed by atoms with Crippen LogP contribution in [-0.4, -0.2) is 4.98 Å². The minimum absolute atomic E-state index is 0.891. The van der Waals surface area contributed by atoms with Gasteiger partial charge in [0.25, 0.3) is 0 Å². The highest BCUT2D eigenvalue weighted by molar-refractivity contribution is 7.80. The van der Waals surface area contributed by atoms with Gasteiger partial charge in [0.1, 0.15) is 5.01 Å². The summed E-state index contributed by atoms with van der Waals surface area (Å²) in [5, 5.41) is 5.94. The van der Waals surface area contributed by atoms with E-state index in [0.717, 1.165) is 59.4 Å². The van der Waals surface area contributed by atoms with Crippen LogP contribution in [0.3, 0.4) is 0 Å². The van der Waals surface area contributed by atoms with Crippen LogP contribution >= 0.6 is 24.0 Å². The van der Waals surface area contributed by atoms with Crippen molar-refractivity contribution in [2.24, 2.45) is 0 Å². The monoisotopic (exact) mass is 738 g/mol. The normalized spacial score (nSPS) is 11.4. The summed E-state index contributed by atoms with van der Waals surface area (Å²) >= 11 is 6.82. The van der Waals surface area contributed by atoms with E-state index in [4.69, 9.17) is 17.6 Å². The average molecular weight is 739 g/mol. The molecule has 0 amide bonds. The second-order valence-corrected chi connectivity index (χ2v) is 15.3. The Bertz CT molecular complexity index is 2990. The molecule has 1 heterocycles. The molecule has 0 saturated carbocycles. The number of para-hydroxylation sites is 1. The summed E-state index contributed by atoms with van der Waals surface area (Å²) in [4.78, 5) is 8.29. The molecule has 2 nitrogen and oxygen atoms in total. The van der Waals surface area contributed by atoms with Crippen molar-refractivity contribution in [3.63, 3.8) is 0 Å². The van der Waals surface area contributed by atoms with Crippen molar-refractivity contribution in [2.75, 3.05) is 4.90 Å². The van der Waals surface area contributed by atoms with Gasteiger partial charge in [-0.25, -0.2) is 4.98 Å². The van der Waals surface area contributed by atoms with Gasteiger partial charge in [-0.1, -0.05) is 158 Å². The zero-order valence-corrected chi connectivity index (χ0v) is 31.5. The number of aromatic nitrogens is 1. The molecule has 4 heteroatoms. The number of hydrogen-bond acceptors (Lipinski definition) is 4.